The molecule has 0 N–H and O–H groups in total. The van der Waals surface area contributed by atoms with E-state index in [1.165, 1.54) is 42.5 Å². The first-order valence-electron chi connectivity index (χ1n) is 7.88. The van der Waals surface area contributed by atoms with Gasteiger partial charge in [0.05, 0.1) is 0 Å². The molecule has 20 heavy (non-hydrogen) atoms. The van der Waals surface area contributed by atoms with Gasteiger partial charge in [-0.3, -0.25) is 0 Å². The largest absolute Gasteiger partial charge is 0.371 e. The van der Waals surface area contributed by atoms with Gasteiger partial charge in [-0.25, -0.2) is 0 Å². The lowest BCUT2D eigenvalue weighted by Crippen LogP contribution is -2.25. The maximum atomic E-state index is 4.32. The molecular weight excluding hydrogens is 242 g/mol. The Morgan fingerprint density at radius 2 is 2.00 bits per heavy atom. The highest BCUT2D eigenvalue weighted by molar-refractivity contribution is 5.63. The van der Waals surface area contributed by atoms with E-state index in [1.54, 1.807) is 0 Å². The maximum Gasteiger partial charge on any atom is 0.0362 e. The molecule has 1 fully saturated rings. The topological polar surface area (TPSA) is 3.24 Å². The molecule has 0 radical (unpaired) electrons. The lowest BCUT2D eigenvalue weighted by Gasteiger charge is -2.26. The maximum absolute atomic E-state index is 4.32. The van der Waals surface area contributed by atoms with Crippen LogP contribution in [0, 0.1) is 5.92 Å². The van der Waals surface area contributed by atoms with Crippen LogP contribution in [0.1, 0.15) is 45.1 Å². The molecule has 1 saturated carbocycles. The van der Waals surface area contributed by atoms with Gasteiger partial charge in [-0.15, -0.1) is 0 Å². The van der Waals surface area contributed by atoms with Crippen LogP contribution in [-0.4, -0.2) is 18.0 Å². The van der Waals surface area contributed by atoms with Crippen molar-refractivity contribution in [2.45, 2.75) is 39.5 Å². The van der Waals surface area contributed by atoms with E-state index in [1.807, 2.05) is 0 Å². The Kier molecular flexibility index (Phi) is 5.46. The van der Waals surface area contributed by atoms with Gasteiger partial charge in [0, 0.05) is 18.8 Å². The third-order valence-electron chi connectivity index (χ3n) is 4.08. The summed E-state index contributed by atoms with van der Waals surface area (Å²) in [5.74, 6) is 0.761. The van der Waals surface area contributed by atoms with E-state index in [4.69, 9.17) is 0 Å². The fraction of sp³-hybridized carbons (Fsp3) is 0.474. The van der Waals surface area contributed by atoms with Gasteiger partial charge in [0.25, 0.3) is 0 Å². The normalized spacial score (nSPS) is 15.2. The molecule has 0 heterocycles. The number of hydrogen-bond donors (Lipinski definition) is 0. The van der Waals surface area contributed by atoms with Gasteiger partial charge in [-0.1, -0.05) is 56.3 Å². The van der Waals surface area contributed by atoms with Crippen molar-refractivity contribution < 1.29 is 0 Å². The monoisotopic (exact) mass is 269 g/mol. The van der Waals surface area contributed by atoms with Crippen molar-refractivity contribution in [1.82, 2.24) is 4.90 Å². The molecule has 0 spiro atoms. The zero-order valence-corrected chi connectivity index (χ0v) is 12.9. The zero-order valence-electron chi connectivity index (χ0n) is 12.9. The second kappa shape index (κ2) is 7.33. The summed E-state index contributed by atoms with van der Waals surface area (Å²) in [6, 6.07) is 10.6. The van der Waals surface area contributed by atoms with Crippen LogP contribution in [0.2, 0.25) is 0 Å². The minimum absolute atomic E-state index is 0.761. The van der Waals surface area contributed by atoms with Gasteiger partial charge in [0.1, 0.15) is 0 Å². The van der Waals surface area contributed by atoms with Gasteiger partial charge in [0.15, 0.2) is 0 Å². The molecule has 1 aromatic carbocycles. The average Bonchev–Trinajstić information content (AvgIpc) is 3.32. The van der Waals surface area contributed by atoms with Gasteiger partial charge >= 0.3 is 0 Å². The molecule has 1 aliphatic carbocycles. The highest BCUT2D eigenvalue weighted by Gasteiger charge is 2.27. The zero-order chi connectivity index (χ0) is 14.4. The van der Waals surface area contributed by atoms with E-state index < -0.39 is 0 Å². The minimum atomic E-state index is 0.761. The van der Waals surface area contributed by atoms with Crippen molar-refractivity contribution >= 4 is 5.57 Å². The van der Waals surface area contributed by atoms with Gasteiger partial charge < -0.3 is 4.90 Å². The summed E-state index contributed by atoms with van der Waals surface area (Å²) in [7, 11) is 0. The lowest BCUT2D eigenvalue weighted by atomic mass is 10.1. The Morgan fingerprint density at radius 1 is 1.30 bits per heavy atom. The van der Waals surface area contributed by atoms with Crippen LogP contribution < -0.4 is 0 Å². The van der Waals surface area contributed by atoms with Crippen LogP contribution in [0.4, 0.5) is 0 Å². The van der Waals surface area contributed by atoms with E-state index >= 15 is 0 Å². The van der Waals surface area contributed by atoms with Crippen LogP contribution in [-0.2, 0) is 0 Å². The first-order valence-corrected chi connectivity index (χ1v) is 7.88. The summed E-state index contributed by atoms with van der Waals surface area (Å²) in [4.78, 5) is 2.48. The molecule has 0 saturated heterocycles. The molecule has 2 rings (SSSR count). The van der Waals surface area contributed by atoms with E-state index in [0.29, 0.717) is 0 Å². The Morgan fingerprint density at radius 3 is 2.60 bits per heavy atom. The molecule has 0 bridgehead atoms. The van der Waals surface area contributed by atoms with Gasteiger partial charge in [0.2, 0.25) is 0 Å². The SMILES string of the molecule is C=C(C1CC1)N(C/C=C(/C)c1ccccc1)CCCC. The van der Waals surface area contributed by atoms with Crippen molar-refractivity contribution in [3.63, 3.8) is 0 Å². The van der Waals surface area contributed by atoms with Crippen molar-refractivity contribution in [1.29, 1.82) is 0 Å². The first-order chi connectivity index (χ1) is 9.72. The highest BCUT2D eigenvalue weighted by atomic mass is 15.1. The Labute approximate surface area is 124 Å². The number of nitrogens with zero attached hydrogens (tertiary/aromatic N) is 1. The summed E-state index contributed by atoms with van der Waals surface area (Å²) < 4.78 is 0. The first kappa shape index (κ1) is 14.9. The van der Waals surface area contributed by atoms with Gasteiger partial charge in [-0.2, -0.15) is 0 Å². The summed E-state index contributed by atoms with van der Waals surface area (Å²) in [5, 5.41) is 0. The number of benzene rings is 1. The fourth-order valence-electron chi connectivity index (χ4n) is 2.44. The van der Waals surface area contributed by atoms with Crippen LogP contribution in [0.25, 0.3) is 5.57 Å². The predicted octanol–water partition coefficient (Wildman–Crippen LogP) is 5.12. The summed E-state index contributed by atoms with van der Waals surface area (Å²) >= 11 is 0. The molecule has 0 atom stereocenters. The molecule has 1 heteroatoms. The molecule has 1 aliphatic rings. The Balaban J connectivity index is 1.98. The van der Waals surface area contributed by atoms with E-state index in [9.17, 15) is 0 Å². The van der Waals surface area contributed by atoms with Crippen LogP contribution in [0.15, 0.2) is 48.7 Å². The molecule has 1 aromatic rings. The Hall–Kier alpha value is -1.50. The summed E-state index contributed by atoms with van der Waals surface area (Å²) in [6.45, 7) is 10.9. The molecule has 0 aliphatic heterocycles. The average molecular weight is 269 g/mol. The van der Waals surface area contributed by atoms with Gasteiger partial charge in [-0.05, 0) is 43.2 Å². The second-order valence-electron chi connectivity index (χ2n) is 5.82. The van der Waals surface area contributed by atoms with Crippen molar-refractivity contribution in [3.05, 3.63) is 54.2 Å². The highest BCUT2D eigenvalue weighted by Crippen LogP contribution is 2.37. The van der Waals surface area contributed by atoms with Crippen molar-refractivity contribution in [3.8, 4) is 0 Å². The Bertz CT molecular complexity index is 454. The number of rotatable bonds is 8. The lowest BCUT2D eigenvalue weighted by molar-refractivity contribution is 0.354. The number of allylic oxidation sites excluding steroid dienone is 2. The quantitative estimate of drug-likeness (QED) is 0.633. The second-order valence-corrected chi connectivity index (χ2v) is 5.82. The predicted molar refractivity (Wildman–Crippen MR) is 88.4 cm³/mol. The standard InChI is InChI=1S/C19H27N/c1-4-5-14-20(17(3)19-11-12-19)15-13-16(2)18-9-7-6-8-10-18/h6-10,13,19H,3-5,11-12,14-15H2,1-2H3/b16-13-. The smallest absolute Gasteiger partial charge is 0.0362 e. The molecule has 0 unspecified atom stereocenters. The third kappa shape index (κ3) is 4.26. The third-order valence-corrected chi connectivity index (χ3v) is 4.08. The van der Waals surface area contributed by atoms with E-state index in [0.717, 1.165) is 19.0 Å². The minimum Gasteiger partial charge on any atom is -0.371 e. The van der Waals surface area contributed by atoms with Crippen LogP contribution in [0.3, 0.4) is 0 Å². The van der Waals surface area contributed by atoms with E-state index in [2.05, 4.69) is 61.7 Å². The summed E-state index contributed by atoms with van der Waals surface area (Å²) in [5.41, 5.74) is 4.03. The fourth-order valence-corrected chi connectivity index (χ4v) is 2.44. The van der Waals surface area contributed by atoms with Crippen molar-refractivity contribution in [2.24, 2.45) is 5.92 Å². The van der Waals surface area contributed by atoms with E-state index in [-0.39, 0.29) is 0 Å². The molecule has 108 valence electrons. The molecular formula is C19H27N. The molecule has 0 amide bonds. The number of hydrogen-bond acceptors (Lipinski definition) is 1. The van der Waals surface area contributed by atoms with Crippen LogP contribution in [0.5, 0.6) is 0 Å². The van der Waals surface area contributed by atoms with Crippen LogP contribution >= 0.6 is 0 Å². The van der Waals surface area contributed by atoms with Crippen molar-refractivity contribution in [2.75, 3.05) is 13.1 Å². The molecule has 0 aromatic heterocycles. The summed E-state index contributed by atoms with van der Waals surface area (Å²) in [6.07, 6.45) is 7.52. The molecule has 1 nitrogen and oxygen atoms in total. The number of unbranched alkanes of at least 4 members (excludes halogenated alkanes) is 1.